The third-order valence-corrected chi connectivity index (χ3v) is 6.52. The van der Waals surface area contributed by atoms with Gasteiger partial charge < -0.3 is 5.32 Å². The van der Waals surface area contributed by atoms with Crippen LogP contribution in [0.1, 0.15) is 33.9 Å². The molecule has 0 saturated heterocycles. The van der Waals surface area contributed by atoms with E-state index in [0.717, 1.165) is 22.6 Å². The minimum atomic E-state index is -3.62. The number of sulfonamides is 1. The fourth-order valence-electron chi connectivity index (χ4n) is 3.37. The number of carbonyl (C=O) groups is 1. The number of hydrogen-bond donors (Lipinski definition) is 2. The number of nitrogens with zero attached hydrogens (tertiary/aromatic N) is 4. The third kappa shape index (κ3) is 4.80. The normalized spacial score (nSPS) is 11.5. The monoisotopic (exact) mass is 442 g/mol. The predicted molar refractivity (Wildman–Crippen MR) is 118 cm³/mol. The second kappa shape index (κ2) is 8.56. The Morgan fingerprint density at radius 3 is 2.29 bits per heavy atom. The van der Waals surface area contributed by atoms with Crippen LogP contribution in [0.15, 0.2) is 29.2 Å². The van der Waals surface area contributed by atoms with Gasteiger partial charge in [-0.05, 0) is 65.4 Å². The molecule has 2 heterocycles. The van der Waals surface area contributed by atoms with Gasteiger partial charge in [-0.25, -0.2) is 27.8 Å². The molecule has 1 amide bonds. The fourth-order valence-corrected chi connectivity index (χ4v) is 4.36. The van der Waals surface area contributed by atoms with Gasteiger partial charge in [-0.1, -0.05) is 6.07 Å². The van der Waals surface area contributed by atoms with Crippen molar-refractivity contribution in [1.29, 1.82) is 0 Å². The molecule has 0 unspecified atom stereocenters. The lowest BCUT2D eigenvalue weighted by Crippen LogP contribution is -2.20. The molecule has 10 heteroatoms. The molecule has 164 valence electrons. The third-order valence-electron chi connectivity index (χ3n) is 4.97. The molecule has 3 rings (SSSR count). The molecule has 2 aromatic heterocycles. The molecule has 0 radical (unpaired) electrons. The quantitative estimate of drug-likeness (QED) is 0.605. The smallest absolute Gasteiger partial charge is 0.251 e. The Balaban J connectivity index is 1.85. The van der Waals surface area contributed by atoms with E-state index in [4.69, 9.17) is 0 Å². The second-order valence-electron chi connectivity index (χ2n) is 7.42. The number of amides is 1. The second-order valence-corrected chi connectivity index (χ2v) is 9.28. The van der Waals surface area contributed by atoms with Crippen molar-refractivity contribution in [3.8, 4) is 5.95 Å². The van der Waals surface area contributed by atoms with Gasteiger partial charge in [0.2, 0.25) is 15.9 Å². The zero-order valence-corrected chi connectivity index (χ0v) is 19.3. The van der Waals surface area contributed by atoms with Crippen molar-refractivity contribution in [2.45, 2.75) is 45.9 Å². The van der Waals surface area contributed by atoms with Crippen LogP contribution in [0.2, 0.25) is 0 Å². The number of rotatable bonds is 6. The minimum Gasteiger partial charge on any atom is -0.326 e. The summed E-state index contributed by atoms with van der Waals surface area (Å²) in [7, 11) is -2.27. The summed E-state index contributed by atoms with van der Waals surface area (Å²) in [5.74, 6) is 0.189. The Morgan fingerprint density at radius 2 is 1.68 bits per heavy atom. The van der Waals surface area contributed by atoms with Crippen molar-refractivity contribution in [2.24, 2.45) is 0 Å². The summed E-state index contributed by atoms with van der Waals surface area (Å²) in [5.41, 5.74) is 4.92. The van der Waals surface area contributed by atoms with Crippen molar-refractivity contribution in [1.82, 2.24) is 24.5 Å². The first-order valence-corrected chi connectivity index (χ1v) is 11.2. The standard InChI is InChI=1S/C21H26N6O3S/c1-12-7-8-17(10-19(12)31(29,30)22-6)25-20(28)11-18-15(4)26-27(16(18)5)21-23-13(2)9-14(3)24-21/h7-10,22H,11H2,1-6H3,(H,25,28). The van der Waals surface area contributed by atoms with Crippen molar-refractivity contribution in [3.63, 3.8) is 0 Å². The van der Waals surface area contributed by atoms with E-state index in [-0.39, 0.29) is 17.2 Å². The largest absolute Gasteiger partial charge is 0.326 e. The summed E-state index contributed by atoms with van der Waals surface area (Å²) < 4.78 is 28.3. The molecular weight excluding hydrogens is 416 g/mol. The Bertz CT molecular complexity index is 1240. The van der Waals surface area contributed by atoms with Gasteiger partial charge in [-0.15, -0.1) is 0 Å². The number of anilines is 1. The minimum absolute atomic E-state index is 0.0878. The van der Waals surface area contributed by atoms with E-state index in [1.165, 1.54) is 13.1 Å². The Morgan fingerprint density at radius 1 is 1.03 bits per heavy atom. The van der Waals surface area contributed by atoms with Crippen LogP contribution < -0.4 is 10.0 Å². The summed E-state index contributed by atoms with van der Waals surface area (Å²) in [6, 6.07) is 6.67. The Kier molecular flexibility index (Phi) is 6.23. The van der Waals surface area contributed by atoms with Crippen molar-refractivity contribution < 1.29 is 13.2 Å². The molecule has 0 aliphatic heterocycles. The summed E-state index contributed by atoms with van der Waals surface area (Å²) in [6.45, 7) is 9.18. The average molecular weight is 443 g/mol. The van der Waals surface area contributed by atoms with Gasteiger partial charge in [0.1, 0.15) is 0 Å². The number of aromatic nitrogens is 4. The number of aryl methyl sites for hydroxylation is 4. The van der Waals surface area contributed by atoms with Crippen LogP contribution in [0.4, 0.5) is 5.69 Å². The molecule has 2 N–H and O–H groups in total. The molecule has 31 heavy (non-hydrogen) atoms. The average Bonchev–Trinajstić information content (AvgIpc) is 2.97. The molecule has 0 aliphatic carbocycles. The first-order chi connectivity index (χ1) is 14.5. The van der Waals surface area contributed by atoms with Gasteiger partial charge in [-0.3, -0.25) is 4.79 Å². The van der Waals surface area contributed by atoms with E-state index in [1.807, 2.05) is 33.8 Å². The van der Waals surface area contributed by atoms with E-state index < -0.39 is 10.0 Å². The molecule has 0 saturated carbocycles. The summed E-state index contributed by atoms with van der Waals surface area (Å²) in [6.07, 6.45) is 0.0878. The van der Waals surface area contributed by atoms with Gasteiger partial charge in [0.05, 0.1) is 17.0 Å². The summed E-state index contributed by atoms with van der Waals surface area (Å²) >= 11 is 0. The van der Waals surface area contributed by atoms with Crippen LogP contribution in [0.3, 0.4) is 0 Å². The highest BCUT2D eigenvalue weighted by Crippen LogP contribution is 2.21. The fraction of sp³-hybridized carbons (Fsp3) is 0.333. The summed E-state index contributed by atoms with van der Waals surface area (Å²) in [4.78, 5) is 21.7. The van der Waals surface area contributed by atoms with Crippen molar-refractivity contribution in [2.75, 3.05) is 12.4 Å². The zero-order chi connectivity index (χ0) is 22.9. The van der Waals surface area contributed by atoms with Crippen LogP contribution in [0, 0.1) is 34.6 Å². The van der Waals surface area contributed by atoms with Gasteiger partial charge in [0.25, 0.3) is 5.95 Å². The molecule has 0 bridgehead atoms. The number of hydrogen-bond acceptors (Lipinski definition) is 6. The molecule has 0 atom stereocenters. The predicted octanol–water partition coefficient (Wildman–Crippen LogP) is 2.29. The van der Waals surface area contributed by atoms with Crippen molar-refractivity contribution in [3.05, 3.63) is 58.2 Å². The van der Waals surface area contributed by atoms with E-state index in [2.05, 4.69) is 25.1 Å². The maximum Gasteiger partial charge on any atom is 0.251 e. The first-order valence-electron chi connectivity index (χ1n) is 9.73. The summed E-state index contributed by atoms with van der Waals surface area (Å²) in [5, 5.41) is 7.29. The lowest BCUT2D eigenvalue weighted by molar-refractivity contribution is -0.115. The SMILES string of the molecule is CNS(=O)(=O)c1cc(NC(=O)Cc2c(C)nn(-c3nc(C)cc(C)n3)c2C)ccc1C. The maximum atomic E-state index is 12.7. The highest BCUT2D eigenvalue weighted by Gasteiger charge is 2.19. The molecule has 3 aromatic rings. The van der Waals surface area contributed by atoms with Gasteiger partial charge >= 0.3 is 0 Å². The van der Waals surface area contributed by atoms with Crippen LogP contribution in [0.25, 0.3) is 5.95 Å². The van der Waals surface area contributed by atoms with Crippen molar-refractivity contribution >= 4 is 21.6 Å². The maximum absolute atomic E-state index is 12.7. The van der Waals surface area contributed by atoms with Crippen LogP contribution in [-0.4, -0.2) is 41.1 Å². The number of nitrogens with one attached hydrogen (secondary N) is 2. The molecule has 0 spiro atoms. The van der Waals surface area contributed by atoms with Crippen LogP contribution >= 0.6 is 0 Å². The van der Waals surface area contributed by atoms with Gasteiger partial charge in [-0.2, -0.15) is 5.10 Å². The molecule has 1 aromatic carbocycles. The lowest BCUT2D eigenvalue weighted by Gasteiger charge is -2.11. The Labute approximate surface area is 182 Å². The zero-order valence-electron chi connectivity index (χ0n) is 18.4. The lowest BCUT2D eigenvalue weighted by atomic mass is 10.1. The van der Waals surface area contributed by atoms with E-state index in [0.29, 0.717) is 22.9 Å². The Hall–Kier alpha value is -3.11. The molecule has 0 fully saturated rings. The van der Waals surface area contributed by atoms with Gasteiger partial charge in [0, 0.05) is 28.3 Å². The van der Waals surface area contributed by atoms with E-state index in [9.17, 15) is 13.2 Å². The van der Waals surface area contributed by atoms with Crippen LogP contribution in [0.5, 0.6) is 0 Å². The highest BCUT2D eigenvalue weighted by molar-refractivity contribution is 7.89. The van der Waals surface area contributed by atoms with Gasteiger partial charge in [0.15, 0.2) is 0 Å². The molecule has 9 nitrogen and oxygen atoms in total. The van der Waals surface area contributed by atoms with E-state index >= 15 is 0 Å². The number of benzene rings is 1. The topological polar surface area (TPSA) is 119 Å². The van der Waals surface area contributed by atoms with Crippen LogP contribution in [-0.2, 0) is 21.2 Å². The highest BCUT2D eigenvalue weighted by atomic mass is 32.2. The molecule has 0 aliphatic rings. The molecular formula is C21H26N6O3S. The van der Waals surface area contributed by atoms with E-state index in [1.54, 1.807) is 23.7 Å². The number of carbonyl (C=O) groups excluding carboxylic acids is 1. The first kappa shape index (κ1) is 22.6.